The molecular weight excluding hydrogens is 102 g/mol. The predicted molar refractivity (Wildman–Crippen MR) is 34.4 cm³/mol. The minimum absolute atomic E-state index is 0.499. The molecule has 0 aromatic heterocycles. The van der Waals surface area contributed by atoms with Crippen molar-refractivity contribution in [2.45, 2.75) is 13.8 Å². The Kier molecular flexibility index (Phi) is 3.28. The highest BCUT2D eigenvalue weighted by molar-refractivity contribution is 5.02. The van der Waals surface area contributed by atoms with Crippen LogP contribution in [0.5, 0.6) is 0 Å². The van der Waals surface area contributed by atoms with Crippen LogP contribution in [0.1, 0.15) is 13.8 Å². The van der Waals surface area contributed by atoms with E-state index in [1.807, 2.05) is 13.8 Å². The largest absolute Gasteiger partial charge is 0.500 e. The Morgan fingerprint density at radius 1 is 1.50 bits per heavy atom. The summed E-state index contributed by atoms with van der Waals surface area (Å²) in [6, 6.07) is 0. The molecule has 0 unspecified atom stereocenters. The van der Waals surface area contributed by atoms with Crippen LogP contribution in [0, 0.1) is 0 Å². The van der Waals surface area contributed by atoms with E-state index < -0.39 is 0 Å². The van der Waals surface area contributed by atoms with E-state index in [1.165, 1.54) is 0 Å². The van der Waals surface area contributed by atoms with Gasteiger partial charge in [-0.25, -0.2) is 0 Å². The Morgan fingerprint density at radius 3 is 2.00 bits per heavy atom. The second kappa shape index (κ2) is 3.50. The molecule has 0 heterocycles. The van der Waals surface area contributed by atoms with Gasteiger partial charge in [-0.2, -0.15) is 0 Å². The standard InChI is InChI=1S/C6H13NO/c1-5(2)6(4-7)8-3/h4,7H2,1-3H3. The zero-order valence-electron chi connectivity index (χ0n) is 5.69. The molecule has 0 aliphatic rings. The third-order valence-electron chi connectivity index (χ3n) is 0.989. The monoisotopic (exact) mass is 115 g/mol. The second-order valence-corrected chi connectivity index (χ2v) is 1.83. The van der Waals surface area contributed by atoms with Gasteiger partial charge in [0, 0.05) is 0 Å². The maximum absolute atomic E-state index is 5.30. The Hall–Kier alpha value is -0.500. The first kappa shape index (κ1) is 7.50. The summed E-state index contributed by atoms with van der Waals surface area (Å²) >= 11 is 0. The molecule has 0 rings (SSSR count). The Morgan fingerprint density at radius 2 is 2.00 bits per heavy atom. The van der Waals surface area contributed by atoms with Crippen molar-refractivity contribution < 1.29 is 4.74 Å². The maximum Gasteiger partial charge on any atom is 0.108 e. The van der Waals surface area contributed by atoms with Crippen LogP contribution in [-0.2, 0) is 4.74 Å². The summed E-state index contributed by atoms with van der Waals surface area (Å²) in [5.74, 6) is 0.880. The first-order chi connectivity index (χ1) is 3.72. The van der Waals surface area contributed by atoms with Gasteiger partial charge in [0.05, 0.1) is 13.7 Å². The molecule has 0 aromatic rings. The highest BCUT2D eigenvalue weighted by Crippen LogP contribution is 1.99. The summed E-state index contributed by atoms with van der Waals surface area (Å²) < 4.78 is 4.92. The molecule has 2 N–H and O–H groups in total. The van der Waals surface area contributed by atoms with Gasteiger partial charge >= 0.3 is 0 Å². The average Bonchev–Trinajstić information content (AvgIpc) is 1.69. The molecule has 0 aromatic carbocycles. The molecule has 0 fully saturated rings. The van der Waals surface area contributed by atoms with Crippen LogP contribution >= 0.6 is 0 Å². The molecule has 2 nitrogen and oxygen atoms in total. The summed E-state index contributed by atoms with van der Waals surface area (Å²) in [6.45, 7) is 4.45. The molecule has 2 heteroatoms. The summed E-state index contributed by atoms with van der Waals surface area (Å²) in [5, 5.41) is 0. The lowest BCUT2D eigenvalue weighted by atomic mass is 10.3. The van der Waals surface area contributed by atoms with Crippen LogP contribution in [0.4, 0.5) is 0 Å². The smallest absolute Gasteiger partial charge is 0.108 e. The van der Waals surface area contributed by atoms with E-state index in [0.29, 0.717) is 6.54 Å². The van der Waals surface area contributed by atoms with Crippen LogP contribution in [0.3, 0.4) is 0 Å². The molecule has 48 valence electrons. The van der Waals surface area contributed by atoms with Crippen molar-refractivity contribution in [1.82, 2.24) is 0 Å². The maximum atomic E-state index is 5.30. The summed E-state index contributed by atoms with van der Waals surface area (Å²) in [6.07, 6.45) is 0. The van der Waals surface area contributed by atoms with Gasteiger partial charge in [-0.15, -0.1) is 0 Å². The number of allylic oxidation sites excluding steroid dienone is 1. The number of hydrogen-bond acceptors (Lipinski definition) is 2. The van der Waals surface area contributed by atoms with Gasteiger partial charge in [-0.05, 0) is 19.4 Å². The topological polar surface area (TPSA) is 35.2 Å². The Bertz CT molecular complexity index is 86.7. The minimum Gasteiger partial charge on any atom is -0.500 e. The van der Waals surface area contributed by atoms with E-state index in [-0.39, 0.29) is 0 Å². The normalized spacial score (nSPS) is 8.50. The molecule has 0 aliphatic carbocycles. The van der Waals surface area contributed by atoms with Crippen molar-refractivity contribution in [2.24, 2.45) is 5.73 Å². The fourth-order valence-electron chi connectivity index (χ4n) is 0.492. The van der Waals surface area contributed by atoms with E-state index in [0.717, 1.165) is 11.3 Å². The van der Waals surface area contributed by atoms with Gasteiger partial charge in [-0.1, -0.05) is 0 Å². The fraction of sp³-hybridized carbons (Fsp3) is 0.667. The van der Waals surface area contributed by atoms with Crippen molar-refractivity contribution in [1.29, 1.82) is 0 Å². The van der Waals surface area contributed by atoms with Crippen molar-refractivity contribution >= 4 is 0 Å². The van der Waals surface area contributed by atoms with Crippen molar-refractivity contribution in [2.75, 3.05) is 13.7 Å². The third-order valence-corrected chi connectivity index (χ3v) is 0.989. The van der Waals surface area contributed by atoms with Gasteiger partial charge in [0.15, 0.2) is 0 Å². The summed E-state index contributed by atoms with van der Waals surface area (Å²) in [7, 11) is 1.63. The molecule has 0 bridgehead atoms. The van der Waals surface area contributed by atoms with Gasteiger partial charge in [0.1, 0.15) is 5.76 Å². The van der Waals surface area contributed by atoms with Gasteiger partial charge in [-0.3, -0.25) is 0 Å². The van der Waals surface area contributed by atoms with Crippen LogP contribution in [0.15, 0.2) is 11.3 Å². The van der Waals surface area contributed by atoms with E-state index in [2.05, 4.69) is 0 Å². The fourth-order valence-corrected chi connectivity index (χ4v) is 0.492. The number of hydrogen-bond donors (Lipinski definition) is 1. The zero-order valence-corrected chi connectivity index (χ0v) is 5.69. The molecule has 0 atom stereocenters. The van der Waals surface area contributed by atoms with Crippen LogP contribution in [0.2, 0.25) is 0 Å². The highest BCUT2D eigenvalue weighted by Gasteiger charge is 1.91. The molecule has 8 heavy (non-hydrogen) atoms. The number of nitrogens with two attached hydrogens (primary N) is 1. The molecule has 0 saturated carbocycles. The lowest BCUT2D eigenvalue weighted by Gasteiger charge is -2.02. The zero-order chi connectivity index (χ0) is 6.57. The molecule has 0 saturated heterocycles. The van der Waals surface area contributed by atoms with Gasteiger partial charge in [0.2, 0.25) is 0 Å². The number of methoxy groups -OCH3 is 1. The van der Waals surface area contributed by atoms with Crippen LogP contribution < -0.4 is 5.73 Å². The number of ether oxygens (including phenoxy) is 1. The van der Waals surface area contributed by atoms with Crippen molar-refractivity contribution in [3.63, 3.8) is 0 Å². The highest BCUT2D eigenvalue weighted by atomic mass is 16.5. The van der Waals surface area contributed by atoms with Crippen LogP contribution in [0.25, 0.3) is 0 Å². The molecule has 0 aliphatic heterocycles. The van der Waals surface area contributed by atoms with E-state index in [1.54, 1.807) is 7.11 Å². The first-order valence-electron chi connectivity index (χ1n) is 2.62. The van der Waals surface area contributed by atoms with Gasteiger partial charge < -0.3 is 10.5 Å². The second-order valence-electron chi connectivity index (χ2n) is 1.83. The quantitative estimate of drug-likeness (QED) is 0.542. The summed E-state index contributed by atoms with van der Waals surface area (Å²) in [5.41, 5.74) is 6.45. The van der Waals surface area contributed by atoms with E-state index >= 15 is 0 Å². The average molecular weight is 115 g/mol. The predicted octanol–water partition coefficient (Wildman–Crippen LogP) is 0.885. The lowest BCUT2D eigenvalue weighted by molar-refractivity contribution is 0.282. The lowest BCUT2D eigenvalue weighted by Crippen LogP contribution is -2.05. The van der Waals surface area contributed by atoms with Crippen molar-refractivity contribution in [3.8, 4) is 0 Å². The SMILES string of the molecule is COC(CN)=C(C)C. The van der Waals surface area contributed by atoms with Crippen molar-refractivity contribution in [3.05, 3.63) is 11.3 Å². The Balaban J connectivity index is 3.86. The van der Waals surface area contributed by atoms with Crippen LogP contribution in [-0.4, -0.2) is 13.7 Å². The molecule has 0 amide bonds. The molecule has 0 radical (unpaired) electrons. The third kappa shape index (κ3) is 1.98. The van der Waals surface area contributed by atoms with E-state index in [9.17, 15) is 0 Å². The Labute approximate surface area is 50.3 Å². The van der Waals surface area contributed by atoms with E-state index in [4.69, 9.17) is 10.5 Å². The molecule has 0 spiro atoms. The number of rotatable bonds is 2. The summed E-state index contributed by atoms with van der Waals surface area (Å²) in [4.78, 5) is 0. The minimum atomic E-state index is 0.499. The van der Waals surface area contributed by atoms with Gasteiger partial charge in [0.25, 0.3) is 0 Å². The first-order valence-corrected chi connectivity index (χ1v) is 2.62. The molecular formula is C6H13NO.